The third-order valence-corrected chi connectivity index (χ3v) is 5.07. The molecular formula is C21H25N3O5. The van der Waals surface area contributed by atoms with Gasteiger partial charge in [0.2, 0.25) is 5.91 Å². The Bertz CT molecular complexity index is 878. The molecule has 0 radical (unpaired) electrons. The molecule has 0 unspecified atom stereocenters. The van der Waals surface area contributed by atoms with Crippen molar-refractivity contribution in [1.29, 1.82) is 0 Å². The lowest BCUT2D eigenvalue weighted by Crippen LogP contribution is -2.45. The highest BCUT2D eigenvalue weighted by molar-refractivity contribution is 6.08. The maximum Gasteiger partial charge on any atom is 0.325 e. The molecule has 1 fully saturated rings. The zero-order valence-electron chi connectivity index (χ0n) is 16.7. The van der Waals surface area contributed by atoms with Crippen LogP contribution < -0.4 is 15.4 Å². The summed E-state index contributed by atoms with van der Waals surface area (Å²) in [7, 11) is 1.60. The van der Waals surface area contributed by atoms with Crippen LogP contribution in [0, 0.1) is 0 Å². The van der Waals surface area contributed by atoms with Gasteiger partial charge in [-0.15, -0.1) is 0 Å². The first kappa shape index (κ1) is 20.4. The van der Waals surface area contributed by atoms with Crippen molar-refractivity contribution in [3.63, 3.8) is 0 Å². The fraction of sp³-hybridized carbons (Fsp3) is 0.381. The van der Waals surface area contributed by atoms with Gasteiger partial charge in [-0.05, 0) is 56.5 Å². The van der Waals surface area contributed by atoms with Crippen LogP contribution in [-0.4, -0.2) is 41.9 Å². The molecule has 154 valence electrons. The molecule has 29 heavy (non-hydrogen) atoms. The number of aryl methyl sites for hydroxylation is 1. The number of amides is 4. The van der Waals surface area contributed by atoms with E-state index in [0.29, 0.717) is 18.6 Å². The van der Waals surface area contributed by atoms with Gasteiger partial charge < -0.3 is 19.8 Å². The molecule has 2 N–H and O–H groups in total. The second kappa shape index (κ2) is 8.38. The summed E-state index contributed by atoms with van der Waals surface area (Å²) in [6, 6.07) is 10.1. The van der Waals surface area contributed by atoms with Crippen molar-refractivity contribution in [3.8, 4) is 5.75 Å². The molecule has 0 bridgehead atoms. The smallest absolute Gasteiger partial charge is 0.325 e. The zero-order chi connectivity index (χ0) is 21.0. The summed E-state index contributed by atoms with van der Waals surface area (Å²) in [5.74, 6) is 0.514. The van der Waals surface area contributed by atoms with Crippen LogP contribution in [0.5, 0.6) is 5.75 Å². The van der Waals surface area contributed by atoms with E-state index < -0.39 is 23.4 Å². The van der Waals surface area contributed by atoms with E-state index in [-0.39, 0.29) is 12.6 Å². The predicted molar refractivity (Wildman–Crippen MR) is 105 cm³/mol. The largest absolute Gasteiger partial charge is 0.497 e. The first-order valence-electron chi connectivity index (χ1n) is 9.42. The van der Waals surface area contributed by atoms with Crippen molar-refractivity contribution in [2.45, 2.75) is 38.3 Å². The number of benzene rings is 1. The molecule has 8 nitrogen and oxygen atoms in total. The lowest BCUT2D eigenvalue weighted by molar-refractivity contribution is -0.135. The number of carbonyl (C=O) groups is 3. The van der Waals surface area contributed by atoms with Crippen molar-refractivity contribution in [2.75, 3.05) is 13.7 Å². The number of carbonyl (C=O) groups excluding carboxylic acids is 3. The van der Waals surface area contributed by atoms with Crippen LogP contribution in [0.1, 0.15) is 37.6 Å². The highest BCUT2D eigenvalue weighted by atomic mass is 16.5. The van der Waals surface area contributed by atoms with E-state index in [2.05, 4.69) is 10.6 Å². The number of furan rings is 1. The first-order chi connectivity index (χ1) is 13.8. The second-order valence-electron chi connectivity index (χ2n) is 7.31. The van der Waals surface area contributed by atoms with Gasteiger partial charge in [0.1, 0.15) is 23.6 Å². The average molecular weight is 399 g/mol. The molecule has 2 aromatic rings. The van der Waals surface area contributed by atoms with Gasteiger partial charge in [0.05, 0.1) is 19.4 Å². The van der Waals surface area contributed by atoms with Gasteiger partial charge in [-0.25, -0.2) is 4.79 Å². The Kier molecular flexibility index (Phi) is 5.91. The molecule has 0 saturated carbocycles. The minimum atomic E-state index is -1.05. The number of urea groups is 1. The Hall–Kier alpha value is -3.29. The summed E-state index contributed by atoms with van der Waals surface area (Å²) in [5.41, 5.74) is -0.0262. The molecule has 4 amide bonds. The third kappa shape index (κ3) is 4.59. The van der Waals surface area contributed by atoms with Gasteiger partial charge in [0, 0.05) is 0 Å². The van der Waals surface area contributed by atoms with Gasteiger partial charge in [-0.3, -0.25) is 14.5 Å². The van der Waals surface area contributed by atoms with Gasteiger partial charge in [-0.2, -0.15) is 0 Å². The van der Waals surface area contributed by atoms with Crippen LogP contribution in [0.2, 0.25) is 0 Å². The maximum absolute atomic E-state index is 12.8. The van der Waals surface area contributed by atoms with Crippen LogP contribution >= 0.6 is 0 Å². The van der Waals surface area contributed by atoms with Crippen LogP contribution in [0.25, 0.3) is 0 Å². The molecular weight excluding hydrogens is 374 g/mol. The molecule has 0 aliphatic carbocycles. The van der Waals surface area contributed by atoms with E-state index >= 15 is 0 Å². The molecule has 8 heteroatoms. The number of imide groups is 1. The quantitative estimate of drug-likeness (QED) is 0.664. The summed E-state index contributed by atoms with van der Waals surface area (Å²) in [4.78, 5) is 38.4. The highest BCUT2D eigenvalue weighted by Gasteiger charge is 2.47. The third-order valence-electron chi connectivity index (χ3n) is 5.07. The summed E-state index contributed by atoms with van der Waals surface area (Å²) < 4.78 is 10.4. The number of ether oxygens (including phenoxy) is 1. The van der Waals surface area contributed by atoms with E-state index in [1.54, 1.807) is 33.1 Å². The standard InChI is InChI=1S/C21H25N3O5/c1-14(17-5-4-12-29-17)22-18(25)13-24-19(26)21(2,23-20(24)27)11-10-15-6-8-16(28-3)9-7-15/h4-9,12,14H,10-11,13H2,1-3H3,(H,22,25)(H,23,27)/t14-,21-/m1/s1. The molecule has 1 aliphatic heterocycles. The van der Waals surface area contributed by atoms with Gasteiger partial charge in [0.15, 0.2) is 0 Å². The topological polar surface area (TPSA) is 101 Å². The number of nitrogens with one attached hydrogen (secondary N) is 2. The van der Waals surface area contributed by atoms with E-state index in [0.717, 1.165) is 16.2 Å². The number of rotatable bonds is 8. The SMILES string of the molecule is COc1ccc(CC[C@@]2(C)NC(=O)N(CC(=O)N[C@H](C)c3ccco3)C2=O)cc1. The van der Waals surface area contributed by atoms with Crippen molar-refractivity contribution in [3.05, 3.63) is 54.0 Å². The Balaban J connectivity index is 1.58. The fourth-order valence-electron chi connectivity index (χ4n) is 3.29. The lowest BCUT2D eigenvalue weighted by atomic mass is 9.93. The van der Waals surface area contributed by atoms with Crippen LogP contribution in [0.3, 0.4) is 0 Å². The average Bonchev–Trinajstić information content (AvgIpc) is 3.31. The predicted octanol–water partition coefficient (Wildman–Crippen LogP) is 2.41. The van der Waals surface area contributed by atoms with Gasteiger partial charge >= 0.3 is 6.03 Å². The number of hydrogen-bond donors (Lipinski definition) is 2. The number of methoxy groups -OCH3 is 1. The number of nitrogens with zero attached hydrogens (tertiary/aromatic N) is 1. The van der Waals surface area contributed by atoms with Gasteiger partial charge in [0.25, 0.3) is 5.91 Å². The van der Waals surface area contributed by atoms with E-state index in [4.69, 9.17) is 9.15 Å². The Labute approximate surface area is 169 Å². The highest BCUT2D eigenvalue weighted by Crippen LogP contribution is 2.24. The molecule has 3 rings (SSSR count). The van der Waals surface area contributed by atoms with Crippen molar-refractivity contribution >= 4 is 17.8 Å². The molecule has 2 heterocycles. The molecule has 2 atom stereocenters. The fourth-order valence-corrected chi connectivity index (χ4v) is 3.29. The molecule has 1 saturated heterocycles. The van der Waals surface area contributed by atoms with Crippen molar-refractivity contribution in [1.82, 2.24) is 15.5 Å². The van der Waals surface area contributed by atoms with Gasteiger partial charge in [-0.1, -0.05) is 12.1 Å². The Morgan fingerprint density at radius 2 is 2.00 bits per heavy atom. The minimum Gasteiger partial charge on any atom is -0.497 e. The molecule has 1 aliphatic rings. The Morgan fingerprint density at radius 1 is 1.28 bits per heavy atom. The molecule has 0 spiro atoms. The summed E-state index contributed by atoms with van der Waals surface area (Å²) in [5, 5.41) is 5.45. The Morgan fingerprint density at radius 3 is 2.62 bits per heavy atom. The van der Waals surface area contributed by atoms with E-state index in [1.807, 2.05) is 24.3 Å². The minimum absolute atomic E-state index is 0.339. The molecule has 1 aromatic carbocycles. The van der Waals surface area contributed by atoms with Crippen LogP contribution in [-0.2, 0) is 16.0 Å². The van der Waals surface area contributed by atoms with E-state index in [1.165, 1.54) is 6.26 Å². The van der Waals surface area contributed by atoms with Crippen molar-refractivity contribution < 1.29 is 23.5 Å². The molecule has 1 aromatic heterocycles. The van der Waals surface area contributed by atoms with Crippen molar-refractivity contribution in [2.24, 2.45) is 0 Å². The lowest BCUT2D eigenvalue weighted by Gasteiger charge is -2.22. The summed E-state index contributed by atoms with van der Waals surface area (Å²) >= 11 is 0. The first-order valence-corrected chi connectivity index (χ1v) is 9.42. The number of hydrogen-bond acceptors (Lipinski definition) is 5. The summed E-state index contributed by atoms with van der Waals surface area (Å²) in [6.45, 7) is 3.11. The normalized spacial score (nSPS) is 19.8. The monoisotopic (exact) mass is 399 g/mol. The maximum atomic E-state index is 12.8. The van der Waals surface area contributed by atoms with Crippen LogP contribution in [0.4, 0.5) is 4.79 Å². The second-order valence-corrected chi connectivity index (χ2v) is 7.31. The summed E-state index contributed by atoms with van der Waals surface area (Å²) in [6.07, 6.45) is 2.54. The zero-order valence-corrected chi connectivity index (χ0v) is 16.7. The van der Waals surface area contributed by atoms with E-state index in [9.17, 15) is 14.4 Å². The van der Waals surface area contributed by atoms with Crippen LogP contribution in [0.15, 0.2) is 47.1 Å².